The van der Waals surface area contributed by atoms with E-state index in [9.17, 15) is 19.7 Å². The zero-order valence-corrected chi connectivity index (χ0v) is 17.6. The third kappa shape index (κ3) is 3.67. The van der Waals surface area contributed by atoms with Gasteiger partial charge in [-0.25, -0.2) is 0 Å². The van der Waals surface area contributed by atoms with Crippen molar-refractivity contribution >= 4 is 40.9 Å². The van der Waals surface area contributed by atoms with Crippen LogP contribution in [0.3, 0.4) is 0 Å². The molecule has 1 aliphatic rings. The summed E-state index contributed by atoms with van der Waals surface area (Å²) in [6.45, 7) is 9.34. The highest BCUT2D eigenvalue weighted by atomic mass is 32.1. The number of nitrogens with zero attached hydrogens (tertiary/aromatic N) is 3. The summed E-state index contributed by atoms with van der Waals surface area (Å²) in [4.78, 5) is 37.0. The molecule has 1 aromatic heterocycles. The van der Waals surface area contributed by atoms with E-state index in [2.05, 4.69) is 11.9 Å². The molecule has 1 aromatic carbocycles. The van der Waals surface area contributed by atoms with Gasteiger partial charge in [0.25, 0.3) is 17.5 Å². The number of carbonyl (C=O) groups is 2. The quantitative estimate of drug-likeness (QED) is 0.199. The first-order valence-electron chi connectivity index (χ1n) is 9.09. The Balaban J connectivity index is 2.07. The number of benzene rings is 1. The predicted molar refractivity (Wildman–Crippen MR) is 117 cm³/mol. The van der Waals surface area contributed by atoms with Crippen molar-refractivity contribution in [2.24, 2.45) is 0 Å². The number of hydrogen-bond donors (Lipinski definition) is 1. The number of amides is 2. The maximum atomic E-state index is 12.8. The van der Waals surface area contributed by atoms with Crippen molar-refractivity contribution in [2.45, 2.75) is 20.8 Å². The molecule has 2 heterocycles. The molecule has 0 spiro atoms. The van der Waals surface area contributed by atoms with Gasteiger partial charge in [-0.2, -0.15) is 0 Å². The molecule has 9 heteroatoms. The smallest absolute Gasteiger partial charge is 0.269 e. The average Bonchev–Trinajstić information content (AvgIpc) is 2.95. The molecule has 0 aliphatic carbocycles. The molecule has 154 valence electrons. The standard InChI is InChI=1S/C21H20N4O4S/c1-5-8-23-20(27)17(19(26)22-21(23)30)11-15-10-13(3)24(14(15)4)18-7-6-16(25(28)29)9-12(18)2/h5-7,9-11H,1,8H2,2-4H3,(H,22,26,30)/b17-11+. The van der Waals surface area contributed by atoms with Crippen LogP contribution in [0.1, 0.15) is 22.5 Å². The van der Waals surface area contributed by atoms with Crippen LogP contribution in [0.5, 0.6) is 0 Å². The van der Waals surface area contributed by atoms with Crippen LogP contribution in [0, 0.1) is 30.9 Å². The van der Waals surface area contributed by atoms with E-state index in [0.29, 0.717) is 5.56 Å². The number of thiocarbonyl (C=S) groups is 1. The van der Waals surface area contributed by atoms with E-state index in [-0.39, 0.29) is 22.9 Å². The summed E-state index contributed by atoms with van der Waals surface area (Å²) in [5, 5.41) is 13.6. The van der Waals surface area contributed by atoms with Crippen LogP contribution in [0.2, 0.25) is 0 Å². The second-order valence-electron chi connectivity index (χ2n) is 6.91. The minimum atomic E-state index is -0.554. The van der Waals surface area contributed by atoms with Gasteiger partial charge in [-0.1, -0.05) is 6.08 Å². The summed E-state index contributed by atoms with van der Waals surface area (Å²) < 4.78 is 1.93. The summed E-state index contributed by atoms with van der Waals surface area (Å²) in [6, 6.07) is 6.51. The largest absolute Gasteiger partial charge is 0.318 e. The molecule has 30 heavy (non-hydrogen) atoms. The van der Waals surface area contributed by atoms with Gasteiger partial charge in [-0.15, -0.1) is 6.58 Å². The Kier molecular flexibility index (Phi) is 5.66. The van der Waals surface area contributed by atoms with Crippen LogP contribution in [0.25, 0.3) is 11.8 Å². The highest BCUT2D eigenvalue weighted by Crippen LogP contribution is 2.27. The lowest BCUT2D eigenvalue weighted by Crippen LogP contribution is -2.53. The van der Waals surface area contributed by atoms with Crippen molar-refractivity contribution in [3.05, 3.63) is 75.1 Å². The fourth-order valence-electron chi connectivity index (χ4n) is 3.45. The van der Waals surface area contributed by atoms with Crippen LogP contribution >= 0.6 is 12.2 Å². The lowest BCUT2D eigenvalue weighted by molar-refractivity contribution is -0.384. The molecule has 0 radical (unpaired) electrons. The Bertz CT molecular complexity index is 1150. The van der Waals surface area contributed by atoms with Crippen molar-refractivity contribution in [1.29, 1.82) is 0 Å². The van der Waals surface area contributed by atoms with Gasteiger partial charge in [0.15, 0.2) is 5.11 Å². The molecule has 1 N–H and O–H groups in total. The lowest BCUT2D eigenvalue weighted by atomic mass is 10.1. The number of nitro groups is 1. The topological polar surface area (TPSA) is 97.5 Å². The monoisotopic (exact) mass is 424 g/mol. The number of aromatic nitrogens is 1. The lowest BCUT2D eigenvalue weighted by Gasteiger charge is -2.27. The Morgan fingerprint density at radius 3 is 2.53 bits per heavy atom. The highest BCUT2D eigenvalue weighted by molar-refractivity contribution is 7.80. The number of aryl methyl sites for hydroxylation is 2. The Labute approximate surface area is 178 Å². The molecular formula is C21H20N4O4S. The molecule has 2 amide bonds. The molecule has 8 nitrogen and oxygen atoms in total. The number of nitro benzene ring substituents is 1. The maximum Gasteiger partial charge on any atom is 0.269 e. The van der Waals surface area contributed by atoms with Gasteiger partial charge in [0, 0.05) is 35.8 Å². The number of carbonyl (C=O) groups excluding carboxylic acids is 2. The van der Waals surface area contributed by atoms with Gasteiger partial charge in [0.1, 0.15) is 5.57 Å². The van der Waals surface area contributed by atoms with Gasteiger partial charge >= 0.3 is 0 Å². The Hall–Kier alpha value is -3.59. The summed E-state index contributed by atoms with van der Waals surface area (Å²) in [7, 11) is 0. The summed E-state index contributed by atoms with van der Waals surface area (Å²) in [5.41, 5.74) is 3.86. The number of hydrogen-bond acceptors (Lipinski definition) is 5. The predicted octanol–water partition coefficient (Wildman–Crippen LogP) is 3.12. The zero-order chi connectivity index (χ0) is 22.2. The van der Waals surface area contributed by atoms with Gasteiger partial charge in [0.2, 0.25) is 0 Å². The van der Waals surface area contributed by atoms with E-state index < -0.39 is 16.7 Å². The molecule has 2 aromatic rings. The number of non-ortho nitro benzene ring substituents is 1. The summed E-state index contributed by atoms with van der Waals surface area (Å²) in [6.07, 6.45) is 3.07. The molecular weight excluding hydrogens is 404 g/mol. The molecule has 0 bridgehead atoms. The van der Waals surface area contributed by atoms with Crippen LogP contribution in [0.15, 0.2) is 42.5 Å². The van der Waals surface area contributed by atoms with Gasteiger partial charge in [-0.3, -0.25) is 29.9 Å². The first-order valence-corrected chi connectivity index (χ1v) is 9.50. The van der Waals surface area contributed by atoms with E-state index in [1.165, 1.54) is 29.2 Å². The Morgan fingerprint density at radius 2 is 1.93 bits per heavy atom. The summed E-state index contributed by atoms with van der Waals surface area (Å²) in [5.74, 6) is -1.04. The second kappa shape index (κ2) is 8.03. The SMILES string of the molecule is C=CCN1C(=O)/C(=C/c2cc(C)n(-c3ccc([N+](=O)[O-])cc3C)c2C)C(=O)NC1=S. The van der Waals surface area contributed by atoms with E-state index in [4.69, 9.17) is 12.2 Å². The fraction of sp³-hybridized carbons (Fsp3) is 0.190. The number of rotatable bonds is 5. The van der Waals surface area contributed by atoms with Gasteiger partial charge in [0.05, 0.1) is 4.92 Å². The molecule has 0 unspecified atom stereocenters. The van der Waals surface area contributed by atoms with Crippen LogP contribution in [0.4, 0.5) is 5.69 Å². The van der Waals surface area contributed by atoms with E-state index >= 15 is 0 Å². The third-order valence-electron chi connectivity index (χ3n) is 4.90. The fourth-order valence-corrected chi connectivity index (χ4v) is 3.70. The average molecular weight is 424 g/mol. The summed E-state index contributed by atoms with van der Waals surface area (Å²) >= 11 is 5.07. The maximum absolute atomic E-state index is 12.8. The van der Waals surface area contributed by atoms with Gasteiger partial charge in [-0.05, 0) is 62.3 Å². The first kappa shape index (κ1) is 21.1. The van der Waals surface area contributed by atoms with Crippen molar-refractivity contribution < 1.29 is 14.5 Å². The van der Waals surface area contributed by atoms with Gasteiger partial charge < -0.3 is 4.57 Å². The van der Waals surface area contributed by atoms with E-state index in [0.717, 1.165) is 22.6 Å². The molecule has 0 saturated carbocycles. The molecule has 0 atom stereocenters. The van der Waals surface area contributed by atoms with Crippen molar-refractivity contribution in [3.8, 4) is 5.69 Å². The Morgan fingerprint density at radius 1 is 1.23 bits per heavy atom. The minimum Gasteiger partial charge on any atom is -0.318 e. The van der Waals surface area contributed by atoms with Crippen LogP contribution in [-0.4, -0.2) is 37.9 Å². The zero-order valence-electron chi connectivity index (χ0n) is 16.8. The molecule has 1 saturated heterocycles. The minimum absolute atomic E-state index is 0.0174. The highest BCUT2D eigenvalue weighted by Gasteiger charge is 2.33. The van der Waals surface area contributed by atoms with Crippen molar-refractivity contribution in [1.82, 2.24) is 14.8 Å². The van der Waals surface area contributed by atoms with Crippen LogP contribution in [-0.2, 0) is 9.59 Å². The number of nitrogens with one attached hydrogen (secondary N) is 1. The first-order chi connectivity index (χ1) is 14.1. The van der Waals surface area contributed by atoms with Crippen molar-refractivity contribution in [3.63, 3.8) is 0 Å². The third-order valence-corrected chi connectivity index (χ3v) is 5.22. The van der Waals surface area contributed by atoms with Crippen molar-refractivity contribution in [2.75, 3.05) is 6.54 Å². The second-order valence-corrected chi connectivity index (χ2v) is 7.30. The molecule has 1 aliphatic heterocycles. The normalized spacial score (nSPS) is 15.5. The van der Waals surface area contributed by atoms with E-state index in [1.54, 1.807) is 13.0 Å². The van der Waals surface area contributed by atoms with E-state index in [1.807, 2.05) is 24.5 Å². The molecule has 1 fully saturated rings. The molecule has 3 rings (SSSR count). The van der Waals surface area contributed by atoms with Crippen LogP contribution < -0.4 is 5.32 Å².